The molecule has 0 saturated carbocycles. The minimum Gasteiger partial charge on any atom is -0.454 e. The Kier molecular flexibility index (Phi) is 5.38. The Morgan fingerprint density at radius 3 is 2.70 bits per heavy atom. The van der Waals surface area contributed by atoms with Gasteiger partial charge < -0.3 is 23.5 Å². The quantitative estimate of drug-likeness (QED) is 0.456. The number of ether oxygens (including phenoxy) is 3. The number of likely N-dealkylation sites (N-methyl/N-ethyl adjacent to an activating group) is 1. The van der Waals surface area contributed by atoms with Crippen molar-refractivity contribution in [2.75, 3.05) is 19.9 Å². The molecule has 0 radical (unpaired) electrons. The highest BCUT2D eigenvalue weighted by Gasteiger charge is 2.20. The second kappa shape index (κ2) is 8.28. The molecule has 1 aliphatic rings. The van der Waals surface area contributed by atoms with Crippen molar-refractivity contribution in [2.45, 2.75) is 13.5 Å². The number of benzene rings is 2. The van der Waals surface area contributed by atoms with Crippen LogP contribution in [-0.4, -0.2) is 36.7 Å². The smallest absolute Gasteiger partial charge is 0.351 e. The number of esters is 1. The summed E-state index contributed by atoms with van der Waals surface area (Å²) < 4.78 is 20.8. The molecule has 0 N–H and O–H groups in total. The lowest BCUT2D eigenvalue weighted by Crippen LogP contribution is -2.34. The van der Waals surface area contributed by atoms with Crippen molar-refractivity contribution in [1.82, 2.24) is 4.90 Å². The average Bonchev–Trinajstić information content (AvgIpc) is 3.23. The van der Waals surface area contributed by atoms with E-state index in [-0.39, 0.29) is 18.3 Å². The predicted octanol–water partition coefficient (Wildman–Crippen LogP) is 2.73. The zero-order valence-corrected chi connectivity index (χ0v) is 16.3. The SMILES string of the molecule is CCN(Cc1ccc2c(c1)OCO2)C(=O)COC(=O)c1cc2ccccc2oc1=O. The standard InChI is InChI=1S/C22H19NO7/c1-2-23(11-14-7-8-18-19(9-14)29-13-28-18)20(24)12-27-21(25)16-10-15-5-3-4-6-17(15)30-22(16)26/h3-10H,2,11-13H2,1H3. The van der Waals surface area contributed by atoms with Crippen LogP contribution in [0.4, 0.5) is 0 Å². The fourth-order valence-electron chi connectivity index (χ4n) is 3.14. The van der Waals surface area contributed by atoms with E-state index in [1.807, 2.05) is 19.1 Å². The van der Waals surface area contributed by atoms with E-state index in [4.69, 9.17) is 18.6 Å². The van der Waals surface area contributed by atoms with Gasteiger partial charge in [-0.05, 0) is 36.8 Å². The molecule has 1 amide bonds. The highest BCUT2D eigenvalue weighted by molar-refractivity contribution is 5.94. The van der Waals surface area contributed by atoms with Crippen molar-refractivity contribution in [1.29, 1.82) is 0 Å². The van der Waals surface area contributed by atoms with Crippen LogP contribution in [0, 0.1) is 0 Å². The van der Waals surface area contributed by atoms with Gasteiger partial charge in [-0.2, -0.15) is 0 Å². The Bertz CT molecular complexity index is 1170. The number of hydrogen-bond acceptors (Lipinski definition) is 7. The molecule has 1 aliphatic heterocycles. The van der Waals surface area contributed by atoms with E-state index in [2.05, 4.69) is 0 Å². The Balaban J connectivity index is 1.41. The summed E-state index contributed by atoms with van der Waals surface area (Å²) in [7, 11) is 0. The van der Waals surface area contributed by atoms with Crippen LogP contribution in [0.1, 0.15) is 22.8 Å². The third kappa shape index (κ3) is 3.98. The number of nitrogens with zero attached hydrogens (tertiary/aromatic N) is 1. The van der Waals surface area contributed by atoms with Gasteiger partial charge in [0, 0.05) is 18.5 Å². The lowest BCUT2D eigenvalue weighted by Gasteiger charge is -2.21. The van der Waals surface area contributed by atoms with E-state index in [9.17, 15) is 14.4 Å². The van der Waals surface area contributed by atoms with Gasteiger partial charge in [-0.1, -0.05) is 24.3 Å². The van der Waals surface area contributed by atoms with Crippen LogP contribution in [0.5, 0.6) is 11.5 Å². The second-order valence-electron chi connectivity index (χ2n) is 6.66. The number of amides is 1. The zero-order valence-electron chi connectivity index (χ0n) is 16.3. The van der Waals surface area contributed by atoms with E-state index in [0.717, 1.165) is 5.56 Å². The van der Waals surface area contributed by atoms with Gasteiger partial charge in [0.2, 0.25) is 6.79 Å². The summed E-state index contributed by atoms with van der Waals surface area (Å²) in [5.41, 5.74) is 0.172. The first-order valence-corrected chi connectivity index (χ1v) is 9.41. The highest BCUT2D eigenvalue weighted by Crippen LogP contribution is 2.32. The fraction of sp³-hybridized carbons (Fsp3) is 0.227. The number of para-hydroxylation sites is 1. The van der Waals surface area contributed by atoms with Crippen molar-refractivity contribution in [3.8, 4) is 11.5 Å². The van der Waals surface area contributed by atoms with Gasteiger partial charge in [-0.15, -0.1) is 0 Å². The lowest BCUT2D eigenvalue weighted by molar-refractivity contribution is -0.134. The van der Waals surface area contributed by atoms with Gasteiger partial charge in [0.25, 0.3) is 5.91 Å². The maximum Gasteiger partial charge on any atom is 0.351 e. The number of fused-ring (bicyclic) bond motifs is 2. The Morgan fingerprint density at radius 2 is 1.87 bits per heavy atom. The molecule has 2 heterocycles. The van der Waals surface area contributed by atoms with Crippen LogP contribution in [0.3, 0.4) is 0 Å². The Labute approximate surface area is 171 Å². The second-order valence-corrected chi connectivity index (χ2v) is 6.66. The van der Waals surface area contributed by atoms with Gasteiger partial charge in [0.05, 0.1) is 0 Å². The third-order valence-electron chi connectivity index (χ3n) is 4.73. The first-order valence-electron chi connectivity index (χ1n) is 9.41. The average molecular weight is 409 g/mol. The molecule has 2 aromatic carbocycles. The fourth-order valence-corrected chi connectivity index (χ4v) is 3.14. The van der Waals surface area contributed by atoms with Gasteiger partial charge in [0.15, 0.2) is 18.1 Å². The van der Waals surface area contributed by atoms with Crippen LogP contribution in [0.25, 0.3) is 11.0 Å². The maximum absolute atomic E-state index is 12.5. The third-order valence-corrected chi connectivity index (χ3v) is 4.73. The summed E-state index contributed by atoms with van der Waals surface area (Å²) >= 11 is 0. The Hall–Kier alpha value is -3.81. The maximum atomic E-state index is 12.5. The number of rotatable bonds is 6. The molecule has 8 heteroatoms. The lowest BCUT2D eigenvalue weighted by atomic mass is 10.2. The van der Waals surface area contributed by atoms with E-state index < -0.39 is 18.2 Å². The molecule has 3 aromatic rings. The van der Waals surface area contributed by atoms with E-state index in [1.54, 1.807) is 30.3 Å². The van der Waals surface area contributed by atoms with E-state index in [1.165, 1.54) is 11.0 Å². The molecule has 30 heavy (non-hydrogen) atoms. The van der Waals surface area contributed by atoms with Gasteiger partial charge in [-0.3, -0.25) is 4.79 Å². The number of carbonyl (C=O) groups is 2. The van der Waals surface area contributed by atoms with Gasteiger partial charge >= 0.3 is 11.6 Å². The highest BCUT2D eigenvalue weighted by atomic mass is 16.7. The van der Waals surface area contributed by atoms with Crippen molar-refractivity contribution in [3.63, 3.8) is 0 Å². The van der Waals surface area contributed by atoms with Crippen molar-refractivity contribution in [2.24, 2.45) is 0 Å². The molecule has 8 nitrogen and oxygen atoms in total. The molecule has 0 saturated heterocycles. The molecule has 154 valence electrons. The summed E-state index contributed by atoms with van der Waals surface area (Å²) in [5, 5.41) is 0.591. The summed E-state index contributed by atoms with van der Waals surface area (Å²) in [5.74, 6) is 0.0115. The molecule has 4 rings (SSSR count). The molecular formula is C22H19NO7. The summed E-state index contributed by atoms with van der Waals surface area (Å²) in [6.07, 6.45) is 0. The first kappa shape index (κ1) is 19.5. The van der Waals surface area contributed by atoms with Crippen LogP contribution < -0.4 is 15.1 Å². The first-order chi connectivity index (χ1) is 14.5. The minimum atomic E-state index is -0.901. The molecule has 0 unspecified atom stereocenters. The van der Waals surface area contributed by atoms with Crippen LogP contribution >= 0.6 is 0 Å². The van der Waals surface area contributed by atoms with Crippen LogP contribution in [0.2, 0.25) is 0 Å². The topological polar surface area (TPSA) is 95.3 Å². The van der Waals surface area contributed by atoms with Crippen LogP contribution in [0.15, 0.2) is 57.7 Å². The zero-order chi connectivity index (χ0) is 21.1. The van der Waals surface area contributed by atoms with Gasteiger partial charge in [-0.25, -0.2) is 9.59 Å². The molecule has 0 fully saturated rings. The largest absolute Gasteiger partial charge is 0.454 e. The van der Waals surface area contributed by atoms with Crippen LogP contribution in [-0.2, 0) is 16.1 Å². The normalized spacial score (nSPS) is 12.0. The van der Waals surface area contributed by atoms with E-state index in [0.29, 0.717) is 35.6 Å². The molecular weight excluding hydrogens is 390 g/mol. The van der Waals surface area contributed by atoms with Crippen molar-refractivity contribution in [3.05, 3.63) is 70.1 Å². The molecule has 0 bridgehead atoms. The van der Waals surface area contributed by atoms with E-state index >= 15 is 0 Å². The van der Waals surface area contributed by atoms with Gasteiger partial charge in [0.1, 0.15) is 11.1 Å². The molecule has 0 spiro atoms. The number of carbonyl (C=O) groups excluding carboxylic acids is 2. The molecule has 1 aromatic heterocycles. The van der Waals surface area contributed by atoms with Crippen molar-refractivity contribution < 1.29 is 28.2 Å². The molecule has 0 atom stereocenters. The predicted molar refractivity (Wildman–Crippen MR) is 106 cm³/mol. The summed E-state index contributed by atoms with van der Waals surface area (Å²) in [6.45, 7) is 2.26. The monoisotopic (exact) mass is 409 g/mol. The minimum absolute atomic E-state index is 0.175. The number of hydrogen-bond donors (Lipinski definition) is 0. The Morgan fingerprint density at radius 1 is 1.07 bits per heavy atom. The summed E-state index contributed by atoms with van der Waals surface area (Å²) in [6, 6.07) is 13.7. The van der Waals surface area contributed by atoms with Crippen molar-refractivity contribution >= 4 is 22.8 Å². The summed E-state index contributed by atoms with van der Waals surface area (Å²) in [4.78, 5) is 38.5. The molecule has 0 aliphatic carbocycles.